The highest BCUT2D eigenvalue weighted by Crippen LogP contribution is 2.26. The lowest BCUT2D eigenvalue weighted by atomic mass is 10.1. The zero-order chi connectivity index (χ0) is 24.5. The van der Waals surface area contributed by atoms with Crippen molar-refractivity contribution in [3.8, 4) is 17.1 Å². The van der Waals surface area contributed by atoms with E-state index in [2.05, 4.69) is 35.8 Å². The van der Waals surface area contributed by atoms with Crippen LogP contribution in [0.3, 0.4) is 0 Å². The van der Waals surface area contributed by atoms with Gasteiger partial charge in [0.1, 0.15) is 5.69 Å². The predicted octanol–water partition coefficient (Wildman–Crippen LogP) is 1.30. The number of hydrazone groups is 1. The number of carbonyl (C=O) groups excluding carboxylic acids is 3. The molecule has 2 aromatic carbocycles. The van der Waals surface area contributed by atoms with Gasteiger partial charge >= 0.3 is 0 Å². The number of hydrogen-bond donors (Lipinski definition) is 2. The van der Waals surface area contributed by atoms with Crippen molar-refractivity contribution >= 4 is 29.3 Å². The molecule has 0 atom stereocenters. The van der Waals surface area contributed by atoms with Crippen LogP contribution in [0.15, 0.2) is 64.3 Å². The fraction of sp³-hybridized carbons (Fsp3) is 0.0909. The number of nitrogens with zero attached hydrogens (tertiary/aromatic N) is 7. The lowest BCUT2D eigenvalue weighted by Crippen LogP contribution is -2.35. The molecule has 0 fully saturated rings. The van der Waals surface area contributed by atoms with E-state index in [1.807, 2.05) is 6.07 Å². The predicted molar refractivity (Wildman–Crippen MR) is 121 cm³/mol. The van der Waals surface area contributed by atoms with Crippen molar-refractivity contribution in [3.05, 3.63) is 71.4 Å². The smallest absolute Gasteiger partial charge is 0.294 e. The molecule has 13 nitrogen and oxygen atoms in total. The summed E-state index contributed by atoms with van der Waals surface area (Å²) in [5.41, 5.74) is 10.0. The van der Waals surface area contributed by atoms with Gasteiger partial charge in [-0.3, -0.25) is 19.3 Å². The molecule has 4 aromatic rings. The molecule has 0 unspecified atom stereocenters. The Morgan fingerprint density at radius 3 is 2.31 bits per heavy atom. The van der Waals surface area contributed by atoms with Crippen molar-refractivity contribution in [1.29, 1.82) is 0 Å². The Kier molecular flexibility index (Phi) is 5.33. The topological polar surface area (TPSA) is 174 Å². The first-order valence-corrected chi connectivity index (χ1v) is 10.3. The van der Waals surface area contributed by atoms with Crippen LogP contribution in [-0.2, 0) is 0 Å². The molecule has 0 bridgehead atoms. The van der Waals surface area contributed by atoms with Crippen molar-refractivity contribution in [2.45, 2.75) is 6.92 Å². The molecule has 0 spiro atoms. The van der Waals surface area contributed by atoms with Gasteiger partial charge < -0.3 is 5.73 Å². The third-order valence-electron chi connectivity index (χ3n) is 5.24. The molecule has 0 radical (unpaired) electrons. The maximum atomic E-state index is 13.0. The summed E-state index contributed by atoms with van der Waals surface area (Å²) < 4.78 is 5.89. The molecule has 1 aliphatic heterocycles. The van der Waals surface area contributed by atoms with Crippen LogP contribution < -0.4 is 11.2 Å². The second-order valence-corrected chi connectivity index (χ2v) is 7.57. The number of benzene rings is 2. The van der Waals surface area contributed by atoms with Crippen LogP contribution in [-0.4, -0.2) is 60.2 Å². The molecule has 13 heteroatoms. The van der Waals surface area contributed by atoms with Gasteiger partial charge in [0.25, 0.3) is 17.7 Å². The SMILES string of the molecule is C/C(CN1C(=O)c2ccccc2C1=O)=N/NC(=O)c1nnn(-c2nonc2N)c1-c1ccccc1. The van der Waals surface area contributed by atoms with E-state index in [0.29, 0.717) is 28.1 Å². The molecule has 3 heterocycles. The first-order valence-electron chi connectivity index (χ1n) is 10.3. The standard InChI is InChI=1S/C22H17N9O4/c1-12(11-30-21(33)14-9-5-6-10-15(14)22(30)34)24-26-20(32)16-17(13-7-3-2-4-8-13)31(29-25-16)19-18(23)27-35-28-19/h2-10H,11H2,1H3,(H2,23,27)(H,26,32)/b24-12-. The Bertz CT molecular complexity index is 1450. The molecular weight excluding hydrogens is 454 g/mol. The summed E-state index contributed by atoms with van der Waals surface area (Å²) in [6.45, 7) is 1.49. The van der Waals surface area contributed by atoms with Gasteiger partial charge in [0, 0.05) is 5.56 Å². The Labute approximate surface area is 197 Å². The number of fused-ring (bicyclic) bond motifs is 1. The number of imide groups is 1. The van der Waals surface area contributed by atoms with Crippen LogP contribution in [0.25, 0.3) is 17.1 Å². The molecule has 1 aliphatic rings. The number of nitrogen functional groups attached to an aromatic ring is 1. The van der Waals surface area contributed by atoms with E-state index in [1.165, 1.54) is 4.68 Å². The van der Waals surface area contributed by atoms with Crippen LogP contribution in [0.2, 0.25) is 0 Å². The third kappa shape index (κ3) is 3.80. The van der Waals surface area contributed by atoms with Crippen molar-refractivity contribution in [2.24, 2.45) is 5.10 Å². The number of aromatic nitrogens is 5. The van der Waals surface area contributed by atoms with Gasteiger partial charge in [-0.1, -0.05) is 47.7 Å². The highest BCUT2D eigenvalue weighted by Gasteiger charge is 2.35. The van der Waals surface area contributed by atoms with Crippen molar-refractivity contribution in [3.63, 3.8) is 0 Å². The molecule has 0 aliphatic carbocycles. The fourth-order valence-electron chi connectivity index (χ4n) is 3.62. The maximum absolute atomic E-state index is 13.0. The number of anilines is 1. The summed E-state index contributed by atoms with van der Waals surface area (Å²) in [6, 6.07) is 15.5. The van der Waals surface area contributed by atoms with Crippen molar-refractivity contribution < 1.29 is 19.0 Å². The lowest BCUT2D eigenvalue weighted by Gasteiger charge is -2.13. The molecule has 5 rings (SSSR count). The minimum absolute atomic E-state index is 0.0335. The average molecular weight is 471 g/mol. The van der Waals surface area contributed by atoms with Gasteiger partial charge in [-0.25, -0.2) is 10.1 Å². The van der Waals surface area contributed by atoms with Gasteiger partial charge in [-0.15, -0.1) is 5.10 Å². The lowest BCUT2D eigenvalue weighted by molar-refractivity contribution is 0.0677. The number of nitrogens with two attached hydrogens (primary N) is 1. The normalized spacial score (nSPS) is 13.3. The highest BCUT2D eigenvalue weighted by molar-refractivity contribution is 6.22. The molecule has 35 heavy (non-hydrogen) atoms. The average Bonchev–Trinajstić information content (AvgIpc) is 3.56. The summed E-state index contributed by atoms with van der Waals surface area (Å²) in [7, 11) is 0. The minimum Gasteiger partial charge on any atom is -0.378 e. The second kappa shape index (κ2) is 8.62. The number of amides is 3. The van der Waals surface area contributed by atoms with Gasteiger partial charge in [0.05, 0.1) is 23.4 Å². The summed E-state index contributed by atoms with van der Waals surface area (Å²) in [4.78, 5) is 39.2. The van der Waals surface area contributed by atoms with Gasteiger partial charge in [0.15, 0.2) is 5.69 Å². The van der Waals surface area contributed by atoms with Gasteiger partial charge in [-0.2, -0.15) is 9.78 Å². The molecule has 3 amide bonds. The molecule has 0 saturated carbocycles. The van der Waals surface area contributed by atoms with E-state index in [9.17, 15) is 14.4 Å². The quantitative estimate of drug-likeness (QED) is 0.238. The molecular formula is C22H17N9O4. The molecule has 0 saturated heterocycles. The monoisotopic (exact) mass is 471 g/mol. The number of rotatable bonds is 6. The van der Waals surface area contributed by atoms with E-state index in [-0.39, 0.29) is 23.9 Å². The molecule has 3 N–H and O–H groups in total. The largest absolute Gasteiger partial charge is 0.378 e. The highest BCUT2D eigenvalue weighted by atomic mass is 16.6. The van der Waals surface area contributed by atoms with Crippen molar-refractivity contribution in [1.82, 2.24) is 35.6 Å². The number of hydrogen-bond acceptors (Lipinski definition) is 10. The van der Waals surface area contributed by atoms with Crippen LogP contribution in [0.1, 0.15) is 38.1 Å². The van der Waals surface area contributed by atoms with E-state index in [1.54, 1.807) is 55.5 Å². The summed E-state index contributed by atoms with van der Waals surface area (Å²) in [6.07, 6.45) is 0. The maximum Gasteiger partial charge on any atom is 0.294 e. The van der Waals surface area contributed by atoms with E-state index < -0.39 is 17.7 Å². The first-order chi connectivity index (χ1) is 17.0. The zero-order valence-corrected chi connectivity index (χ0v) is 18.2. The van der Waals surface area contributed by atoms with Gasteiger partial charge in [0.2, 0.25) is 11.6 Å². The number of nitrogens with one attached hydrogen (secondary N) is 1. The Hall–Kier alpha value is -5.20. The Balaban J connectivity index is 1.39. The van der Waals surface area contributed by atoms with E-state index in [0.717, 1.165) is 4.90 Å². The summed E-state index contributed by atoms with van der Waals surface area (Å²) in [5.74, 6) is -1.47. The van der Waals surface area contributed by atoms with E-state index >= 15 is 0 Å². The fourth-order valence-corrected chi connectivity index (χ4v) is 3.62. The minimum atomic E-state index is -0.674. The number of carbonyl (C=O) groups is 3. The summed E-state index contributed by atoms with van der Waals surface area (Å²) >= 11 is 0. The van der Waals surface area contributed by atoms with Crippen LogP contribution in [0, 0.1) is 0 Å². The van der Waals surface area contributed by atoms with Crippen LogP contribution >= 0.6 is 0 Å². The second-order valence-electron chi connectivity index (χ2n) is 7.57. The van der Waals surface area contributed by atoms with Crippen LogP contribution in [0.5, 0.6) is 0 Å². The Morgan fingerprint density at radius 1 is 1.03 bits per heavy atom. The van der Waals surface area contributed by atoms with E-state index in [4.69, 9.17) is 5.73 Å². The summed E-state index contributed by atoms with van der Waals surface area (Å²) in [5, 5.41) is 19.3. The first kappa shape index (κ1) is 21.6. The molecule has 174 valence electrons. The Morgan fingerprint density at radius 2 is 1.69 bits per heavy atom. The van der Waals surface area contributed by atoms with Crippen LogP contribution in [0.4, 0.5) is 5.82 Å². The van der Waals surface area contributed by atoms with Crippen molar-refractivity contribution in [2.75, 3.05) is 12.3 Å². The zero-order valence-electron chi connectivity index (χ0n) is 18.2. The van der Waals surface area contributed by atoms with Gasteiger partial charge in [-0.05, 0) is 29.4 Å². The third-order valence-corrected chi connectivity index (χ3v) is 5.24. The molecule has 2 aromatic heterocycles.